The third-order valence-corrected chi connectivity index (χ3v) is 5.41. The summed E-state index contributed by atoms with van der Waals surface area (Å²) >= 11 is 0. The predicted octanol–water partition coefficient (Wildman–Crippen LogP) is 4.49. The average molecular weight is 395 g/mol. The summed E-state index contributed by atoms with van der Waals surface area (Å²) in [5.41, 5.74) is 0.631. The van der Waals surface area contributed by atoms with Crippen molar-refractivity contribution >= 4 is 17.5 Å². The molecule has 5 heteroatoms. The van der Waals surface area contributed by atoms with Crippen LogP contribution in [-0.4, -0.2) is 29.8 Å². The zero-order valence-electron chi connectivity index (χ0n) is 17.5. The third-order valence-electron chi connectivity index (χ3n) is 5.41. The van der Waals surface area contributed by atoms with E-state index in [1.807, 2.05) is 47.4 Å². The lowest BCUT2D eigenvalue weighted by Gasteiger charge is -2.36. The van der Waals surface area contributed by atoms with Crippen molar-refractivity contribution < 1.29 is 14.3 Å². The fourth-order valence-electron chi connectivity index (χ4n) is 3.53. The Hall–Kier alpha value is -2.82. The monoisotopic (exact) mass is 394 g/mol. The van der Waals surface area contributed by atoms with Crippen LogP contribution in [-0.2, 0) is 16.2 Å². The first kappa shape index (κ1) is 20.9. The standard InChI is InChI=1S/C24H30N2O3/c1-18-8-7-15-26(16-18)23(28)24(2,3)22(27)25-20-11-13-21(14-12-20)29-17-19-9-5-4-6-10-19/h4-6,9-14,18H,7-8,15-17H2,1-3H3,(H,25,27). The Bertz CT molecular complexity index is 831. The van der Waals surface area contributed by atoms with Gasteiger partial charge >= 0.3 is 0 Å². The summed E-state index contributed by atoms with van der Waals surface area (Å²) in [6.45, 7) is 7.48. The minimum absolute atomic E-state index is 0.107. The highest BCUT2D eigenvalue weighted by Gasteiger charge is 2.40. The van der Waals surface area contributed by atoms with Crippen molar-refractivity contribution in [3.63, 3.8) is 0 Å². The van der Waals surface area contributed by atoms with Gasteiger partial charge in [0, 0.05) is 18.8 Å². The molecule has 2 aromatic carbocycles. The number of amides is 2. The first-order chi connectivity index (χ1) is 13.9. The second-order valence-corrected chi connectivity index (χ2v) is 8.38. The smallest absolute Gasteiger partial charge is 0.239 e. The minimum atomic E-state index is -1.11. The topological polar surface area (TPSA) is 58.6 Å². The van der Waals surface area contributed by atoms with Crippen molar-refractivity contribution in [3.05, 3.63) is 60.2 Å². The Balaban J connectivity index is 1.57. The lowest BCUT2D eigenvalue weighted by atomic mass is 9.88. The molecule has 1 saturated heterocycles. The van der Waals surface area contributed by atoms with E-state index in [-0.39, 0.29) is 11.8 Å². The summed E-state index contributed by atoms with van der Waals surface area (Å²) in [5.74, 6) is 0.808. The van der Waals surface area contributed by atoms with Crippen molar-refractivity contribution in [1.82, 2.24) is 4.90 Å². The quantitative estimate of drug-likeness (QED) is 0.735. The highest BCUT2D eigenvalue weighted by Crippen LogP contribution is 2.26. The van der Waals surface area contributed by atoms with E-state index in [2.05, 4.69) is 12.2 Å². The fourth-order valence-corrected chi connectivity index (χ4v) is 3.53. The largest absolute Gasteiger partial charge is 0.489 e. The number of piperidine rings is 1. The molecule has 1 atom stereocenters. The van der Waals surface area contributed by atoms with Crippen LogP contribution in [0.3, 0.4) is 0 Å². The van der Waals surface area contributed by atoms with Crippen LogP contribution < -0.4 is 10.1 Å². The van der Waals surface area contributed by atoms with Crippen LogP contribution in [0.1, 0.15) is 39.2 Å². The highest BCUT2D eigenvalue weighted by molar-refractivity contribution is 6.09. The van der Waals surface area contributed by atoms with Crippen molar-refractivity contribution in [3.8, 4) is 5.75 Å². The van der Waals surface area contributed by atoms with E-state index in [9.17, 15) is 9.59 Å². The maximum atomic E-state index is 12.9. The molecule has 0 radical (unpaired) electrons. The molecule has 0 aliphatic carbocycles. The minimum Gasteiger partial charge on any atom is -0.489 e. The highest BCUT2D eigenvalue weighted by atomic mass is 16.5. The molecule has 1 aliphatic rings. The van der Waals surface area contributed by atoms with Crippen molar-refractivity contribution in [2.45, 2.75) is 40.2 Å². The van der Waals surface area contributed by atoms with Gasteiger partial charge in [0.15, 0.2) is 0 Å². The Morgan fingerprint density at radius 3 is 2.45 bits per heavy atom. The summed E-state index contributed by atoms with van der Waals surface area (Å²) in [5, 5.41) is 2.87. The summed E-state index contributed by atoms with van der Waals surface area (Å²) in [7, 11) is 0. The normalized spacial score (nSPS) is 16.9. The molecule has 0 spiro atoms. The molecule has 2 amide bonds. The van der Waals surface area contributed by atoms with Crippen molar-refractivity contribution in [1.29, 1.82) is 0 Å². The summed E-state index contributed by atoms with van der Waals surface area (Å²) in [6.07, 6.45) is 2.13. The fraction of sp³-hybridized carbons (Fsp3) is 0.417. The van der Waals surface area contributed by atoms with Gasteiger partial charge in [0.25, 0.3) is 0 Å². The SMILES string of the molecule is CC1CCCN(C(=O)C(C)(C)C(=O)Nc2ccc(OCc3ccccc3)cc2)C1. The molecule has 1 aliphatic heterocycles. The summed E-state index contributed by atoms with van der Waals surface area (Å²) in [4.78, 5) is 27.5. The van der Waals surface area contributed by atoms with Crippen LogP contribution in [0.2, 0.25) is 0 Å². The summed E-state index contributed by atoms with van der Waals surface area (Å²) in [6, 6.07) is 17.2. The third kappa shape index (κ3) is 5.37. The molecule has 154 valence electrons. The Morgan fingerprint density at radius 1 is 1.10 bits per heavy atom. The van der Waals surface area contributed by atoms with Crippen molar-refractivity contribution in [2.24, 2.45) is 11.3 Å². The van der Waals surface area contributed by atoms with Gasteiger partial charge in [0.05, 0.1) is 0 Å². The second kappa shape index (κ2) is 9.12. The zero-order chi connectivity index (χ0) is 20.9. The number of carbonyl (C=O) groups excluding carboxylic acids is 2. The molecule has 1 heterocycles. The van der Waals surface area contributed by atoms with Gasteiger partial charge in [-0.25, -0.2) is 0 Å². The Morgan fingerprint density at radius 2 is 1.79 bits per heavy atom. The van der Waals surface area contributed by atoms with Gasteiger partial charge in [0.1, 0.15) is 17.8 Å². The maximum absolute atomic E-state index is 12.9. The number of rotatable bonds is 6. The average Bonchev–Trinajstić information content (AvgIpc) is 2.73. The van der Waals surface area contributed by atoms with E-state index in [4.69, 9.17) is 4.74 Å². The van der Waals surface area contributed by atoms with Crippen LogP contribution in [0, 0.1) is 11.3 Å². The van der Waals surface area contributed by atoms with Crippen molar-refractivity contribution in [2.75, 3.05) is 18.4 Å². The molecule has 1 unspecified atom stereocenters. The molecule has 3 rings (SSSR count). The van der Waals surface area contributed by atoms with E-state index >= 15 is 0 Å². The number of benzene rings is 2. The first-order valence-corrected chi connectivity index (χ1v) is 10.2. The molecule has 0 aromatic heterocycles. The molecule has 0 bridgehead atoms. The molecule has 0 saturated carbocycles. The number of anilines is 1. The molecule has 1 N–H and O–H groups in total. The van der Waals surface area contributed by atoms with E-state index < -0.39 is 5.41 Å². The Labute approximate surface area is 173 Å². The molecule has 5 nitrogen and oxygen atoms in total. The molecular weight excluding hydrogens is 364 g/mol. The molecule has 29 heavy (non-hydrogen) atoms. The number of hydrogen-bond donors (Lipinski definition) is 1. The van der Waals surface area contributed by atoms with E-state index in [0.717, 1.165) is 37.2 Å². The number of hydrogen-bond acceptors (Lipinski definition) is 3. The Kier molecular flexibility index (Phi) is 6.57. The van der Waals surface area contributed by atoms with Gasteiger partial charge in [-0.05, 0) is 62.4 Å². The molecule has 1 fully saturated rings. The lowest BCUT2D eigenvalue weighted by Crippen LogP contribution is -2.50. The number of carbonyl (C=O) groups is 2. The van der Waals surface area contributed by atoms with Crippen LogP contribution in [0.15, 0.2) is 54.6 Å². The number of nitrogens with zero attached hydrogens (tertiary/aromatic N) is 1. The van der Waals surface area contributed by atoms with Gasteiger partial charge < -0.3 is 15.0 Å². The van der Waals surface area contributed by atoms with Crippen LogP contribution in [0.5, 0.6) is 5.75 Å². The first-order valence-electron chi connectivity index (χ1n) is 10.2. The maximum Gasteiger partial charge on any atom is 0.239 e. The molecule has 2 aromatic rings. The van der Waals surface area contributed by atoms with Gasteiger partial charge in [-0.1, -0.05) is 37.3 Å². The zero-order valence-corrected chi connectivity index (χ0v) is 17.5. The van der Waals surface area contributed by atoms with E-state index in [1.54, 1.807) is 26.0 Å². The number of likely N-dealkylation sites (tertiary alicyclic amines) is 1. The van der Waals surface area contributed by atoms with Gasteiger partial charge in [-0.3, -0.25) is 9.59 Å². The lowest BCUT2D eigenvalue weighted by molar-refractivity contribution is -0.147. The van der Waals surface area contributed by atoms with Gasteiger partial charge in [0.2, 0.25) is 11.8 Å². The van der Waals surface area contributed by atoms with Crippen LogP contribution in [0.25, 0.3) is 0 Å². The predicted molar refractivity (Wildman–Crippen MR) is 115 cm³/mol. The van der Waals surface area contributed by atoms with Crippen LogP contribution in [0.4, 0.5) is 5.69 Å². The van der Waals surface area contributed by atoms with E-state index in [1.165, 1.54) is 0 Å². The van der Waals surface area contributed by atoms with Crippen LogP contribution >= 0.6 is 0 Å². The number of nitrogens with one attached hydrogen (secondary N) is 1. The van der Waals surface area contributed by atoms with E-state index in [0.29, 0.717) is 18.2 Å². The number of ether oxygens (including phenoxy) is 1. The molecular formula is C24H30N2O3. The summed E-state index contributed by atoms with van der Waals surface area (Å²) < 4.78 is 5.77. The van der Waals surface area contributed by atoms with Gasteiger partial charge in [-0.15, -0.1) is 0 Å². The second-order valence-electron chi connectivity index (χ2n) is 8.38. The van der Waals surface area contributed by atoms with Gasteiger partial charge in [-0.2, -0.15) is 0 Å².